The lowest BCUT2D eigenvalue weighted by atomic mass is 12.0. The van der Waals surface area contributed by atoms with E-state index in [2.05, 4.69) is 1.43 Å². The van der Waals surface area contributed by atoms with Gasteiger partial charge in [0.15, 0.2) is 0 Å². The average molecular weight is 308 g/mol. The quantitative estimate of drug-likeness (QED) is 0.444. The fourth-order valence-electron chi connectivity index (χ4n) is 0. The Morgan fingerprint density at radius 3 is 0.368 bits per heavy atom. The van der Waals surface area contributed by atoms with Crippen molar-refractivity contribution in [3.8, 4) is 0 Å². The number of hydrogen-bond donors (Lipinski definition) is 0. The third-order valence-electron chi connectivity index (χ3n) is 0. The smallest absolute Gasteiger partial charge is 0 e. The van der Waals surface area contributed by atoms with Gasteiger partial charge in [0.05, 0.1) is 0 Å². The van der Waals surface area contributed by atoms with Crippen LogP contribution >= 0.6 is 0 Å². The molecule has 0 fully saturated rings. The standard InChI is InChI=1S/14CH4.2O2.H2O.H2/c;;;;;;;;;;;;;;2*1-2;;/h14*1H4;;;1H2;1H/p-1/i;;;;;;;;;;;;;;;;;1+0/hH. The molecule has 0 aromatic rings. The predicted octanol–water partition coefficient (Wildman–Crippen LogP) is 9.11. The molecule has 0 saturated heterocycles. The molecule has 0 aliphatic rings. The maximum Gasteiger partial charge on any atom is 0 e. The second-order valence-corrected chi connectivity index (χ2v) is 0. The van der Waals surface area contributed by atoms with Crippen LogP contribution in [0.3, 0.4) is 0 Å². The summed E-state index contributed by atoms with van der Waals surface area (Å²) in [5.41, 5.74) is 7.50. The van der Waals surface area contributed by atoms with E-state index < -0.39 is 0 Å². The van der Waals surface area contributed by atoms with Gasteiger partial charge in [-0.15, -0.1) is 1.43 Å². The van der Waals surface area contributed by atoms with Crippen molar-refractivity contribution in [1.82, 2.24) is 0 Å². The molecule has 0 spiro atoms. The third kappa shape index (κ3) is 5590. The van der Waals surface area contributed by atoms with E-state index in [9.17, 15) is 0 Å². The van der Waals surface area contributed by atoms with Crippen LogP contribution < -0.4 is 0 Å². The van der Waals surface area contributed by atoms with Gasteiger partial charge in [0.2, 0.25) is 0 Å². The molecule has 146 valence electrons. The van der Waals surface area contributed by atoms with Crippen molar-refractivity contribution in [2.24, 2.45) is 0 Å². The summed E-state index contributed by atoms with van der Waals surface area (Å²) in [5, 5.41) is 0. The van der Waals surface area contributed by atoms with Gasteiger partial charge in [0.25, 0.3) is 0 Å². The van der Waals surface area contributed by atoms with Crippen LogP contribution in [0, 0.1) is 19.9 Å². The summed E-state index contributed by atoms with van der Waals surface area (Å²) in [5.74, 6) is 0. The molecule has 19 heavy (non-hydrogen) atoms. The van der Waals surface area contributed by atoms with E-state index in [-0.39, 0.29) is 105 Å². The SMILES string of the molecule is C.C.C.C.C.C.C.C.C.C.C.C.C.C.O=O.O=O.[1HH].[1H][O-]. The summed E-state index contributed by atoms with van der Waals surface area (Å²) in [7, 11) is 0. The van der Waals surface area contributed by atoms with Crippen molar-refractivity contribution in [2.45, 2.75) is 104 Å². The molecule has 0 aromatic heterocycles. The zero-order valence-corrected chi connectivity index (χ0v) is 2.04. The molecule has 5 nitrogen and oxygen atoms in total. The number of hydrogen-bond acceptors (Lipinski definition) is 5. The highest BCUT2D eigenvalue weighted by atomic mass is 16.7. The van der Waals surface area contributed by atoms with Gasteiger partial charge in [0.1, 0.15) is 0 Å². The van der Waals surface area contributed by atoms with Crippen molar-refractivity contribution in [2.75, 3.05) is 0 Å². The molecule has 0 amide bonds. The molecule has 0 aliphatic carbocycles. The van der Waals surface area contributed by atoms with Crippen molar-refractivity contribution in [3.05, 3.63) is 19.9 Å². The van der Waals surface area contributed by atoms with Crippen molar-refractivity contribution < 1.29 is 8.34 Å². The van der Waals surface area contributed by atoms with E-state index in [0.717, 1.165) is 0 Å². The predicted molar refractivity (Wildman–Crippen MR) is 112 cm³/mol. The first kappa shape index (κ1) is 1150. The van der Waals surface area contributed by atoms with Gasteiger partial charge in [0, 0.05) is 21.3 Å². The van der Waals surface area contributed by atoms with Crippen molar-refractivity contribution in [3.63, 3.8) is 0 Å². The average Bonchev–Trinajstić information content (AvgIpc) is 1.81. The maximum absolute atomic E-state index is 7.50. The lowest BCUT2D eigenvalue weighted by Gasteiger charge is -0.870. The molecule has 0 aromatic carbocycles. The summed E-state index contributed by atoms with van der Waals surface area (Å²) in [6.07, 6.45) is 0. The summed E-state index contributed by atoms with van der Waals surface area (Å²) in [4.78, 5) is 28.0. The summed E-state index contributed by atoms with van der Waals surface area (Å²) in [6, 6.07) is 0. The van der Waals surface area contributed by atoms with E-state index in [4.69, 9.17) is 25.3 Å². The fraction of sp³-hybridized carbons (Fsp3) is 1.00. The van der Waals surface area contributed by atoms with Crippen LogP contribution in [-0.2, 0) is 0 Å². The molecule has 0 bridgehead atoms. The highest BCUT2D eigenvalue weighted by molar-refractivity contribution is 4.08. The minimum atomic E-state index is 0. The Labute approximate surface area is 133 Å². The first-order chi connectivity index (χ1) is 3.00. The first-order valence-corrected chi connectivity index (χ1v) is 0.333. The zero-order valence-electron chi connectivity index (χ0n) is 3.04. The molecule has 0 aliphatic heterocycles. The fourth-order valence-corrected chi connectivity index (χ4v) is 0. The molecule has 0 heterocycles. The Hall–Kier alpha value is -0.840. The van der Waals surface area contributed by atoms with Crippen LogP contribution in [0.5, 0.6) is 0 Å². The van der Waals surface area contributed by atoms with Crippen LogP contribution in [0.2, 0.25) is 0 Å². The molecule has 0 radical (unpaired) electrons. The first-order valence-electron chi connectivity index (χ1n) is 0.742. The second kappa shape index (κ2) is 6350. The molecule has 0 rings (SSSR count). The molecule has 5 heteroatoms. The van der Waals surface area contributed by atoms with Gasteiger partial charge >= 0.3 is 0 Å². The Kier molecular flexibility index (Phi) is 383000. The Morgan fingerprint density at radius 1 is 0.368 bits per heavy atom. The summed E-state index contributed by atoms with van der Waals surface area (Å²) < 4.78 is 4.50. The summed E-state index contributed by atoms with van der Waals surface area (Å²) in [6.45, 7) is 0. The monoisotopic (exact) mass is 307 g/mol. The summed E-state index contributed by atoms with van der Waals surface area (Å²) >= 11 is 0. The maximum atomic E-state index is 7.50. The van der Waals surface area contributed by atoms with E-state index in [0.29, 0.717) is 0 Å². The van der Waals surface area contributed by atoms with Crippen LogP contribution in [0.1, 0.15) is 107 Å². The minimum Gasteiger partial charge on any atom is -0.870 e. The molecule has 0 saturated carbocycles. The third-order valence-corrected chi connectivity index (χ3v) is 0. The van der Waals surface area contributed by atoms with Gasteiger partial charge in [-0.3, -0.25) is 0 Å². The highest BCUT2D eigenvalue weighted by Crippen LogP contribution is 0.743. The van der Waals surface area contributed by atoms with E-state index in [1.165, 1.54) is 0 Å². The second-order valence-electron chi connectivity index (χ2n) is 0. The van der Waals surface area contributed by atoms with E-state index >= 15 is 0 Å². The van der Waals surface area contributed by atoms with Crippen LogP contribution in [0.4, 0.5) is 0 Å². The van der Waals surface area contributed by atoms with Crippen molar-refractivity contribution >= 4 is 0 Å². The van der Waals surface area contributed by atoms with Gasteiger partial charge in [-0.1, -0.05) is 104 Å². The normalized spacial score (nSPS) is 0.789. The highest BCUT2D eigenvalue weighted by Gasteiger charge is 0.709. The molecule has 0 unspecified atom stereocenters. The van der Waals surface area contributed by atoms with E-state index in [1.807, 2.05) is 0 Å². The van der Waals surface area contributed by atoms with Crippen LogP contribution in [0.25, 0.3) is 0 Å². The Balaban J connectivity index is -0.000000000296. The van der Waals surface area contributed by atoms with Gasteiger partial charge in [-0.25, -0.2) is 0 Å². The van der Waals surface area contributed by atoms with Gasteiger partial charge in [-0.05, 0) is 0 Å². The minimum absolute atomic E-state index is 0. The van der Waals surface area contributed by atoms with E-state index in [1.54, 1.807) is 0 Å². The zero-order chi connectivity index (χ0) is 6.00. The van der Waals surface area contributed by atoms with Gasteiger partial charge in [-0.2, -0.15) is 0 Å². The van der Waals surface area contributed by atoms with Crippen LogP contribution in [-0.4, -0.2) is 5.48 Å². The van der Waals surface area contributed by atoms with Crippen LogP contribution in [0.15, 0.2) is 0 Å². The molecule has 0 atom stereocenters. The number of rotatable bonds is 0. The lowest BCUT2D eigenvalue weighted by molar-refractivity contribution is 0.824. The molecule has 1 N–H and O–H groups in total. The topological polar surface area (TPSA) is 98.3 Å². The van der Waals surface area contributed by atoms with Crippen molar-refractivity contribution in [1.29, 1.82) is 0 Å². The van der Waals surface area contributed by atoms with Gasteiger partial charge < -0.3 is 5.48 Å². The Bertz CT molecular complexity index is 27.3. The molecular weight excluding hydrogens is 248 g/mol. The Morgan fingerprint density at radius 2 is 0.368 bits per heavy atom. The molecular formula is C14H59O5-. The lowest BCUT2D eigenvalue weighted by Crippen LogP contribution is -0.674. The largest absolute Gasteiger partial charge is 0.870 e.